The van der Waals surface area contributed by atoms with Crippen LogP contribution in [-0.2, 0) is 10.2 Å². The molecule has 0 saturated carbocycles. The molecule has 2 fully saturated rings. The maximum atomic E-state index is 13.3. The summed E-state index contributed by atoms with van der Waals surface area (Å²) in [6.45, 7) is 10.1. The van der Waals surface area contributed by atoms with Crippen LogP contribution >= 0.6 is 0 Å². The van der Waals surface area contributed by atoms with Gasteiger partial charge < -0.3 is 14.7 Å². The summed E-state index contributed by atoms with van der Waals surface area (Å²) in [7, 11) is 3.60. The van der Waals surface area contributed by atoms with Gasteiger partial charge in [-0.05, 0) is 94.0 Å². The van der Waals surface area contributed by atoms with Gasteiger partial charge in [-0.3, -0.25) is 9.59 Å². The van der Waals surface area contributed by atoms with Gasteiger partial charge in [0, 0.05) is 51.5 Å². The molecule has 0 bridgehead atoms. The molecule has 2 saturated heterocycles. The Balaban J connectivity index is 1.24. The first kappa shape index (κ1) is 26.2. The zero-order valence-corrected chi connectivity index (χ0v) is 22.8. The Hall–Kier alpha value is -2.82. The number of rotatable bonds is 6. The lowest BCUT2D eigenvalue weighted by atomic mass is 9.80. The molecule has 2 aliphatic rings. The van der Waals surface area contributed by atoms with E-state index in [1.54, 1.807) is 19.0 Å². The highest BCUT2D eigenvalue weighted by Crippen LogP contribution is 2.34. The van der Waals surface area contributed by atoms with Gasteiger partial charge in [0.05, 0.1) is 5.41 Å². The Morgan fingerprint density at radius 1 is 0.889 bits per heavy atom. The van der Waals surface area contributed by atoms with Crippen molar-refractivity contribution in [1.29, 1.82) is 0 Å². The fraction of sp³-hybridized carbons (Fsp3) is 0.548. The Morgan fingerprint density at radius 3 is 2.03 bits per heavy atom. The molecule has 0 aromatic heterocycles. The van der Waals surface area contributed by atoms with E-state index in [2.05, 4.69) is 47.9 Å². The first-order valence-corrected chi connectivity index (χ1v) is 13.6. The van der Waals surface area contributed by atoms with Crippen molar-refractivity contribution in [3.05, 3.63) is 65.2 Å². The van der Waals surface area contributed by atoms with Crippen molar-refractivity contribution in [3.8, 4) is 0 Å². The molecular formula is C31H43N3O2. The predicted octanol–water partition coefficient (Wildman–Crippen LogP) is 5.52. The second kappa shape index (κ2) is 11.1. The maximum Gasteiger partial charge on any atom is 0.253 e. The van der Waals surface area contributed by atoms with Gasteiger partial charge in [-0.1, -0.05) is 30.3 Å². The van der Waals surface area contributed by atoms with E-state index >= 15 is 0 Å². The summed E-state index contributed by atoms with van der Waals surface area (Å²) < 4.78 is 0. The first-order valence-electron chi connectivity index (χ1n) is 13.6. The van der Waals surface area contributed by atoms with Crippen molar-refractivity contribution in [3.63, 3.8) is 0 Å². The lowest BCUT2D eigenvalue weighted by molar-refractivity contribution is -0.137. The third kappa shape index (κ3) is 5.77. The number of carbonyl (C=O) groups is 2. The molecule has 0 N–H and O–H groups in total. The van der Waals surface area contributed by atoms with E-state index in [1.807, 2.05) is 31.2 Å². The summed E-state index contributed by atoms with van der Waals surface area (Å²) in [4.78, 5) is 31.9. The predicted molar refractivity (Wildman–Crippen MR) is 148 cm³/mol. The van der Waals surface area contributed by atoms with E-state index in [4.69, 9.17) is 0 Å². The number of amides is 2. The molecule has 2 amide bonds. The van der Waals surface area contributed by atoms with E-state index in [-0.39, 0.29) is 11.8 Å². The van der Waals surface area contributed by atoms with E-state index in [0.717, 1.165) is 67.5 Å². The quantitative estimate of drug-likeness (QED) is 0.537. The van der Waals surface area contributed by atoms with Gasteiger partial charge in [-0.15, -0.1) is 0 Å². The van der Waals surface area contributed by atoms with Crippen LogP contribution < -0.4 is 4.90 Å². The molecule has 2 aliphatic heterocycles. The number of anilines is 1. The summed E-state index contributed by atoms with van der Waals surface area (Å²) in [5, 5.41) is 0. The van der Waals surface area contributed by atoms with Crippen molar-refractivity contribution < 1.29 is 9.59 Å². The molecule has 4 rings (SSSR count). The topological polar surface area (TPSA) is 43.9 Å². The fourth-order valence-electron chi connectivity index (χ4n) is 5.97. The van der Waals surface area contributed by atoms with Gasteiger partial charge >= 0.3 is 0 Å². The van der Waals surface area contributed by atoms with Crippen molar-refractivity contribution in [2.75, 3.05) is 45.2 Å². The Morgan fingerprint density at radius 2 is 1.47 bits per heavy atom. The third-order valence-electron chi connectivity index (χ3n) is 8.42. The molecule has 0 spiro atoms. The summed E-state index contributed by atoms with van der Waals surface area (Å²) in [5.74, 6) is 1.82. The maximum absolute atomic E-state index is 13.3. The zero-order chi connectivity index (χ0) is 25.9. The normalized spacial score (nSPS) is 17.8. The van der Waals surface area contributed by atoms with Gasteiger partial charge in [0.1, 0.15) is 0 Å². The molecule has 0 atom stereocenters. The molecule has 36 heavy (non-hydrogen) atoms. The van der Waals surface area contributed by atoms with E-state index in [9.17, 15) is 9.59 Å². The number of piperidine rings is 2. The fourth-order valence-corrected chi connectivity index (χ4v) is 5.97. The Labute approximate surface area is 217 Å². The molecule has 2 aromatic rings. The van der Waals surface area contributed by atoms with Crippen LogP contribution in [0.4, 0.5) is 5.69 Å². The summed E-state index contributed by atoms with van der Waals surface area (Å²) >= 11 is 0. The smallest absolute Gasteiger partial charge is 0.253 e. The highest BCUT2D eigenvalue weighted by atomic mass is 16.2. The number of aryl methyl sites for hydroxylation is 1. The summed E-state index contributed by atoms with van der Waals surface area (Å²) in [5.41, 5.74) is 3.69. The molecule has 0 unspecified atom stereocenters. The molecule has 2 aromatic carbocycles. The van der Waals surface area contributed by atoms with E-state index in [1.165, 1.54) is 24.9 Å². The molecule has 0 radical (unpaired) electrons. The number of hydrogen-bond acceptors (Lipinski definition) is 3. The molecule has 194 valence electrons. The molecule has 0 aliphatic carbocycles. The molecule has 5 nitrogen and oxygen atoms in total. The molecular weight excluding hydrogens is 446 g/mol. The standard InChI is InChI=1S/C31H43N3O2/c1-23-21-27(11-12-28(23)29(35)32(4)5)33-17-13-24(14-18-33)22-25-15-19-34(20-16-25)30(36)31(2,3)26-9-7-6-8-10-26/h6-12,21,24-25H,13-20,22H2,1-5H3. The minimum atomic E-state index is -0.475. The van der Waals surface area contributed by atoms with Crippen LogP contribution in [0.25, 0.3) is 0 Å². The second-order valence-electron chi connectivity index (χ2n) is 11.6. The van der Waals surface area contributed by atoms with E-state index in [0.29, 0.717) is 0 Å². The summed E-state index contributed by atoms with van der Waals surface area (Å²) in [6.07, 6.45) is 5.97. The lowest BCUT2D eigenvalue weighted by Crippen LogP contribution is -2.47. The van der Waals surface area contributed by atoms with Gasteiger partial charge in [0.2, 0.25) is 5.91 Å². The van der Waals surface area contributed by atoms with Gasteiger partial charge in [0.25, 0.3) is 5.91 Å². The number of hydrogen-bond donors (Lipinski definition) is 0. The first-order chi connectivity index (χ1) is 17.2. The van der Waals surface area contributed by atoms with Crippen LogP contribution in [0.1, 0.15) is 67.4 Å². The lowest BCUT2D eigenvalue weighted by Gasteiger charge is -2.39. The monoisotopic (exact) mass is 489 g/mol. The van der Waals surface area contributed by atoms with Gasteiger partial charge in [-0.25, -0.2) is 0 Å². The van der Waals surface area contributed by atoms with Gasteiger partial charge in [-0.2, -0.15) is 0 Å². The highest BCUT2D eigenvalue weighted by molar-refractivity contribution is 5.95. The Bertz CT molecular complexity index is 1050. The average Bonchev–Trinajstić information content (AvgIpc) is 2.89. The van der Waals surface area contributed by atoms with Crippen molar-refractivity contribution >= 4 is 17.5 Å². The SMILES string of the molecule is Cc1cc(N2CCC(CC3CCN(C(=O)C(C)(C)c4ccccc4)CC3)CC2)ccc1C(=O)N(C)C. The number of benzene rings is 2. The van der Waals surface area contributed by atoms with Crippen LogP contribution in [-0.4, -0.2) is 61.9 Å². The van der Waals surface area contributed by atoms with Crippen LogP contribution in [0.2, 0.25) is 0 Å². The summed E-state index contributed by atoms with van der Waals surface area (Å²) in [6, 6.07) is 16.4. The average molecular weight is 490 g/mol. The highest BCUT2D eigenvalue weighted by Gasteiger charge is 2.36. The minimum Gasteiger partial charge on any atom is -0.372 e. The number of carbonyl (C=O) groups excluding carboxylic acids is 2. The minimum absolute atomic E-state index is 0.0640. The van der Waals surface area contributed by atoms with Crippen molar-refractivity contribution in [2.24, 2.45) is 11.8 Å². The van der Waals surface area contributed by atoms with Crippen molar-refractivity contribution in [1.82, 2.24) is 9.80 Å². The zero-order valence-electron chi connectivity index (χ0n) is 22.8. The van der Waals surface area contributed by atoms with Crippen LogP contribution in [0.3, 0.4) is 0 Å². The van der Waals surface area contributed by atoms with Crippen LogP contribution in [0, 0.1) is 18.8 Å². The molecule has 5 heteroatoms. The van der Waals surface area contributed by atoms with Crippen LogP contribution in [0.15, 0.2) is 48.5 Å². The Kier molecular flexibility index (Phi) is 8.07. The van der Waals surface area contributed by atoms with Crippen molar-refractivity contribution in [2.45, 2.75) is 58.3 Å². The van der Waals surface area contributed by atoms with E-state index < -0.39 is 5.41 Å². The van der Waals surface area contributed by atoms with Gasteiger partial charge in [0.15, 0.2) is 0 Å². The number of likely N-dealkylation sites (tertiary alicyclic amines) is 1. The third-order valence-corrected chi connectivity index (χ3v) is 8.42. The largest absolute Gasteiger partial charge is 0.372 e. The molecule has 2 heterocycles. The number of nitrogens with zero attached hydrogens (tertiary/aromatic N) is 3. The van der Waals surface area contributed by atoms with Crippen LogP contribution in [0.5, 0.6) is 0 Å². The second-order valence-corrected chi connectivity index (χ2v) is 11.6.